The summed E-state index contributed by atoms with van der Waals surface area (Å²) >= 11 is 5.87. The van der Waals surface area contributed by atoms with Gasteiger partial charge in [0, 0.05) is 25.2 Å². The highest BCUT2D eigenvalue weighted by Crippen LogP contribution is 2.31. The Labute approximate surface area is 154 Å². The SMILES string of the molecule is Fc1c(Cl)cccc1Nc1ncnc2ccc(N3C[C@@H]4C[C@H]3CN4)nc12. The van der Waals surface area contributed by atoms with Crippen LogP contribution in [0, 0.1) is 5.82 Å². The maximum Gasteiger partial charge on any atom is 0.165 e. The second-order valence-corrected chi connectivity index (χ2v) is 7.04. The maximum absolute atomic E-state index is 14.2. The third-order valence-corrected chi connectivity index (χ3v) is 5.31. The summed E-state index contributed by atoms with van der Waals surface area (Å²) in [6, 6.07) is 9.72. The molecule has 0 spiro atoms. The molecule has 2 bridgehead atoms. The monoisotopic (exact) mass is 370 g/mol. The van der Waals surface area contributed by atoms with Gasteiger partial charge in [0.1, 0.15) is 17.7 Å². The third-order valence-electron chi connectivity index (χ3n) is 5.02. The first-order chi connectivity index (χ1) is 12.7. The minimum atomic E-state index is -0.514. The van der Waals surface area contributed by atoms with Gasteiger partial charge in [0.25, 0.3) is 0 Å². The Bertz CT molecular complexity index is 997. The van der Waals surface area contributed by atoms with E-state index in [0.717, 1.165) is 25.3 Å². The van der Waals surface area contributed by atoms with Crippen LogP contribution in [0.2, 0.25) is 5.02 Å². The van der Waals surface area contributed by atoms with Crippen molar-refractivity contribution in [3.05, 3.63) is 47.5 Å². The number of nitrogens with zero attached hydrogens (tertiary/aromatic N) is 4. The zero-order chi connectivity index (χ0) is 17.7. The van der Waals surface area contributed by atoms with Gasteiger partial charge in [-0.3, -0.25) is 0 Å². The molecule has 2 aromatic heterocycles. The van der Waals surface area contributed by atoms with Crippen molar-refractivity contribution in [2.24, 2.45) is 0 Å². The quantitative estimate of drug-likeness (QED) is 0.738. The smallest absolute Gasteiger partial charge is 0.165 e. The molecule has 2 atom stereocenters. The minimum absolute atomic E-state index is 0.0580. The highest BCUT2D eigenvalue weighted by atomic mass is 35.5. The van der Waals surface area contributed by atoms with Gasteiger partial charge in [0.05, 0.1) is 16.2 Å². The van der Waals surface area contributed by atoms with Crippen molar-refractivity contribution in [2.75, 3.05) is 23.3 Å². The van der Waals surface area contributed by atoms with Gasteiger partial charge >= 0.3 is 0 Å². The molecule has 6 nitrogen and oxygen atoms in total. The van der Waals surface area contributed by atoms with Crippen LogP contribution in [0.4, 0.5) is 21.7 Å². The minimum Gasteiger partial charge on any atom is -0.351 e. The Kier molecular flexibility index (Phi) is 3.65. The van der Waals surface area contributed by atoms with Crippen LogP contribution in [0.1, 0.15) is 6.42 Å². The number of benzene rings is 1. The number of fused-ring (bicyclic) bond motifs is 3. The van der Waals surface area contributed by atoms with E-state index in [4.69, 9.17) is 16.6 Å². The second-order valence-electron chi connectivity index (χ2n) is 6.63. The predicted octanol–water partition coefficient (Wildman–Crippen LogP) is 3.11. The van der Waals surface area contributed by atoms with E-state index in [0.29, 0.717) is 28.9 Å². The van der Waals surface area contributed by atoms with E-state index in [9.17, 15) is 4.39 Å². The fourth-order valence-corrected chi connectivity index (χ4v) is 3.93. The topological polar surface area (TPSA) is 66.0 Å². The van der Waals surface area contributed by atoms with E-state index in [1.54, 1.807) is 12.1 Å². The van der Waals surface area contributed by atoms with Crippen molar-refractivity contribution < 1.29 is 4.39 Å². The van der Waals surface area contributed by atoms with Crippen LogP contribution < -0.4 is 15.5 Å². The molecule has 2 saturated heterocycles. The van der Waals surface area contributed by atoms with E-state index in [-0.39, 0.29) is 10.7 Å². The summed E-state index contributed by atoms with van der Waals surface area (Å²) in [4.78, 5) is 15.6. The molecule has 0 unspecified atom stereocenters. The Balaban J connectivity index is 1.55. The third kappa shape index (κ3) is 2.55. The predicted molar refractivity (Wildman–Crippen MR) is 99.6 cm³/mol. The van der Waals surface area contributed by atoms with Crippen molar-refractivity contribution in [2.45, 2.75) is 18.5 Å². The number of halogens is 2. The van der Waals surface area contributed by atoms with Crippen LogP contribution >= 0.6 is 11.6 Å². The average Bonchev–Trinajstić information content (AvgIpc) is 3.29. The van der Waals surface area contributed by atoms with Crippen LogP contribution in [0.15, 0.2) is 36.7 Å². The van der Waals surface area contributed by atoms with Gasteiger partial charge in [-0.05, 0) is 30.7 Å². The standard InChI is InChI=1S/C18H16ClFN6/c19-12-2-1-3-13(16(12)20)24-18-17-14(22-9-23-18)4-5-15(25-17)26-8-10-6-11(26)7-21-10/h1-5,9-11,21H,6-8H2,(H,22,23,24)/t10-,11-/m0/s1. The van der Waals surface area contributed by atoms with Crippen molar-refractivity contribution in [3.8, 4) is 0 Å². The molecule has 2 aliphatic heterocycles. The van der Waals surface area contributed by atoms with Crippen LogP contribution in [0.5, 0.6) is 0 Å². The van der Waals surface area contributed by atoms with Crippen molar-refractivity contribution in [1.82, 2.24) is 20.3 Å². The Morgan fingerprint density at radius 2 is 2.15 bits per heavy atom. The van der Waals surface area contributed by atoms with Crippen LogP contribution in [0.25, 0.3) is 11.0 Å². The van der Waals surface area contributed by atoms with Crippen LogP contribution in [0.3, 0.4) is 0 Å². The van der Waals surface area contributed by atoms with E-state index in [1.807, 2.05) is 12.1 Å². The molecule has 0 saturated carbocycles. The molecular formula is C18H16ClFN6. The summed E-state index contributed by atoms with van der Waals surface area (Å²) in [7, 11) is 0. The summed E-state index contributed by atoms with van der Waals surface area (Å²) in [6.45, 7) is 1.93. The summed E-state index contributed by atoms with van der Waals surface area (Å²) in [5.41, 5.74) is 1.57. The van der Waals surface area contributed by atoms with E-state index < -0.39 is 5.82 Å². The number of anilines is 3. The number of hydrogen-bond donors (Lipinski definition) is 2. The zero-order valence-corrected chi connectivity index (χ0v) is 14.5. The zero-order valence-electron chi connectivity index (χ0n) is 13.8. The molecule has 0 radical (unpaired) electrons. The Morgan fingerprint density at radius 1 is 1.23 bits per heavy atom. The van der Waals surface area contributed by atoms with E-state index in [1.165, 1.54) is 12.4 Å². The van der Waals surface area contributed by atoms with Gasteiger partial charge in [-0.1, -0.05) is 17.7 Å². The van der Waals surface area contributed by atoms with E-state index in [2.05, 4.69) is 25.5 Å². The molecule has 4 heterocycles. The second kappa shape index (κ2) is 6.03. The molecular weight excluding hydrogens is 355 g/mol. The fourth-order valence-electron chi connectivity index (χ4n) is 3.75. The molecule has 26 heavy (non-hydrogen) atoms. The van der Waals surface area contributed by atoms with Gasteiger partial charge in [-0.15, -0.1) is 0 Å². The van der Waals surface area contributed by atoms with Crippen LogP contribution in [-0.2, 0) is 0 Å². The molecule has 8 heteroatoms. The number of rotatable bonds is 3. The van der Waals surface area contributed by atoms with E-state index >= 15 is 0 Å². The molecule has 0 aliphatic carbocycles. The fraction of sp³-hybridized carbons (Fsp3) is 0.278. The number of piperazine rings is 1. The summed E-state index contributed by atoms with van der Waals surface area (Å²) in [6.07, 6.45) is 2.58. The molecule has 2 N–H and O–H groups in total. The van der Waals surface area contributed by atoms with Crippen molar-refractivity contribution in [3.63, 3.8) is 0 Å². The number of pyridine rings is 1. The lowest BCUT2D eigenvalue weighted by atomic mass is 10.2. The van der Waals surface area contributed by atoms with Crippen molar-refractivity contribution in [1.29, 1.82) is 0 Å². The van der Waals surface area contributed by atoms with Gasteiger partial charge in [0.2, 0.25) is 0 Å². The van der Waals surface area contributed by atoms with Gasteiger partial charge < -0.3 is 15.5 Å². The van der Waals surface area contributed by atoms with Gasteiger partial charge in [-0.2, -0.15) is 0 Å². The van der Waals surface area contributed by atoms with Crippen LogP contribution in [-0.4, -0.2) is 40.1 Å². The highest BCUT2D eigenvalue weighted by Gasteiger charge is 2.38. The summed E-state index contributed by atoms with van der Waals surface area (Å²) in [5, 5.41) is 6.55. The van der Waals surface area contributed by atoms with Gasteiger partial charge in [0.15, 0.2) is 11.6 Å². The normalized spacial score (nSPS) is 21.5. The lowest BCUT2D eigenvalue weighted by molar-refractivity contribution is 0.577. The van der Waals surface area contributed by atoms with Gasteiger partial charge in [-0.25, -0.2) is 19.3 Å². The summed E-state index contributed by atoms with van der Waals surface area (Å²) in [5.74, 6) is 0.844. The molecule has 0 amide bonds. The Morgan fingerprint density at radius 3 is 2.96 bits per heavy atom. The molecule has 132 valence electrons. The first kappa shape index (κ1) is 15.7. The molecule has 1 aromatic carbocycles. The molecule has 5 rings (SSSR count). The first-order valence-electron chi connectivity index (χ1n) is 8.52. The number of nitrogens with one attached hydrogen (secondary N) is 2. The van der Waals surface area contributed by atoms with Crippen molar-refractivity contribution >= 4 is 40.0 Å². The summed E-state index contributed by atoms with van der Waals surface area (Å²) < 4.78 is 14.2. The lowest BCUT2D eigenvalue weighted by Crippen LogP contribution is -2.44. The Hall–Kier alpha value is -2.51. The molecule has 2 fully saturated rings. The largest absolute Gasteiger partial charge is 0.351 e. The maximum atomic E-state index is 14.2. The lowest BCUT2D eigenvalue weighted by Gasteiger charge is -2.28. The number of aromatic nitrogens is 3. The first-order valence-corrected chi connectivity index (χ1v) is 8.89. The number of hydrogen-bond acceptors (Lipinski definition) is 6. The molecule has 2 aliphatic rings. The highest BCUT2D eigenvalue weighted by molar-refractivity contribution is 6.31. The average molecular weight is 371 g/mol. The molecule has 3 aromatic rings.